The quantitative estimate of drug-likeness (QED) is 0.601. The van der Waals surface area contributed by atoms with Gasteiger partial charge in [0, 0.05) is 5.25 Å². The van der Waals surface area contributed by atoms with E-state index >= 15 is 0 Å². The SMILES string of the molecule is CCCCCC1SC(C)(C)N2C(=S)NC(C(=O)O)C12. The zero-order valence-electron chi connectivity index (χ0n) is 11.7. The van der Waals surface area contributed by atoms with Gasteiger partial charge in [0.25, 0.3) is 0 Å². The third-order valence-corrected chi connectivity index (χ3v) is 5.80. The van der Waals surface area contributed by atoms with Crippen LogP contribution < -0.4 is 5.32 Å². The fraction of sp³-hybridized carbons (Fsp3) is 0.846. The number of nitrogens with one attached hydrogen (secondary N) is 1. The predicted octanol–water partition coefficient (Wildman–Crippen LogP) is 2.43. The van der Waals surface area contributed by atoms with E-state index in [-0.39, 0.29) is 10.9 Å². The summed E-state index contributed by atoms with van der Waals surface area (Å²) in [7, 11) is 0. The summed E-state index contributed by atoms with van der Waals surface area (Å²) < 4.78 is 0. The van der Waals surface area contributed by atoms with Gasteiger partial charge in [0.2, 0.25) is 0 Å². The zero-order valence-corrected chi connectivity index (χ0v) is 13.3. The standard InChI is InChI=1S/C13H22N2O2S2/c1-4-5-6-7-8-10-9(11(16)17)14-12(18)15(10)13(2,3)19-8/h8-10H,4-7H2,1-3H3,(H,14,18)(H,16,17). The Balaban J connectivity index is 2.17. The summed E-state index contributed by atoms with van der Waals surface area (Å²) in [6, 6.07) is -0.574. The van der Waals surface area contributed by atoms with E-state index in [1.165, 1.54) is 12.8 Å². The van der Waals surface area contributed by atoms with Crippen molar-refractivity contribution < 1.29 is 9.90 Å². The van der Waals surface area contributed by atoms with Crippen LogP contribution in [0.15, 0.2) is 0 Å². The minimum atomic E-state index is -0.798. The smallest absolute Gasteiger partial charge is 0.328 e. The van der Waals surface area contributed by atoms with E-state index in [2.05, 4.69) is 31.0 Å². The summed E-state index contributed by atoms with van der Waals surface area (Å²) in [4.78, 5) is 13.4. The molecule has 108 valence electrons. The van der Waals surface area contributed by atoms with Crippen LogP contribution in [-0.4, -0.2) is 43.3 Å². The molecule has 3 atom stereocenters. The van der Waals surface area contributed by atoms with Gasteiger partial charge in [0.1, 0.15) is 6.04 Å². The highest BCUT2D eigenvalue weighted by Crippen LogP contribution is 2.48. The molecule has 0 aromatic carbocycles. The lowest BCUT2D eigenvalue weighted by molar-refractivity contribution is -0.139. The summed E-state index contributed by atoms with van der Waals surface area (Å²) in [5.41, 5.74) is 0. The van der Waals surface area contributed by atoms with Crippen LogP contribution in [0.1, 0.15) is 46.5 Å². The lowest BCUT2D eigenvalue weighted by Crippen LogP contribution is -2.46. The molecule has 0 spiro atoms. The second-order valence-electron chi connectivity index (χ2n) is 5.72. The number of unbranched alkanes of at least 4 members (excludes halogenated alkanes) is 2. The maximum atomic E-state index is 11.4. The van der Waals surface area contributed by atoms with E-state index in [1.54, 1.807) is 0 Å². The zero-order chi connectivity index (χ0) is 14.2. The van der Waals surface area contributed by atoms with Gasteiger partial charge in [-0.25, -0.2) is 4.79 Å². The molecular formula is C13H22N2O2S2. The number of fused-ring (bicyclic) bond motifs is 1. The molecule has 2 N–H and O–H groups in total. The van der Waals surface area contributed by atoms with Crippen molar-refractivity contribution >= 4 is 35.1 Å². The van der Waals surface area contributed by atoms with Gasteiger partial charge in [-0.1, -0.05) is 26.2 Å². The first-order chi connectivity index (χ1) is 8.88. The molecule has 0 aliphatic carbocycles. The molecule has 2 fully saturated rings. The Labute approximate surface area is 124 Å². The molecule has 0 aromatic rings. The maximum Gasteiger partial charge on any atom is 0.328 e. The average molecular weight is 302 g/mol. The summed E-state index contributed by atoms with van der Waals surface area (Å²) in [6.07, 6.45) is 4.62. The lowest BCUT2D eigenvalue weighted by atomic mass is 10.00. The highest BCUT2D eigenvalue weighted by atomic mass is 32.2. The van der Waals surface area contributed by atoms with Crippen molar-refractivity contribution in [1.29, 1.82) is 0 Å². The molecule has 3 unspecified atom stereocenters. The van der Waals surface area contributed by atoms with Crippen molar-refractivity contribution in [2.75, 3.05) is 0 Å². The van der Waals surface area contributed by atoms with Gasteiger partial charge >= 0.3 is 5.97 Å². The number of aliphatic carboxylic acids is 1. The number of thiocarbonyl (C=S) groups is 1. The second kappa shape index (κ2) is 5.48. The normalized spacial score (nSPS) is 32.3. The van der Waals surface area contributed by atoms with Crippen molar-refractivity contribution in [3.8, 4) is 0 Å². The Morgan fingerprint density at radius 3 is 2.79 bits per heavy atom. The topological polar surface area (TPSA) is 52.6 Å². The molecule has 0 amide bonds. The molecule has 0 saturated carbocycles. The van der Waals surface area contributed by atoms with Crippen LogP contribution in [0, 0.1) is 0 Å². The number of hydrogen-bond acceptors (Lipinski definition) is 3. The van der Waals surface area contributed by atoms with E-state index in [4.69, 9.17) is 12.2 Å². The summed E-state index contributed by atoms with van der Waals surface area (Å²) in [5.74, 6) is -0.798. The number of nitrogens with zero attached hydrogens (tertiary/aromatic N) is 1. The maximum absolute atomic E-state index is 11.4. The number of hydrogen-bond donors (Lipinski definition) is 2. The predicted molar refractivity (Wildman–Crippen MR) is 82.4 cm³/mol. The summed E-state index contributed by atoms with van der Waals surface area (Å²) >= 11 is 7.20. The molecule has 2 heterocycles. The third kappa shape index (κ3) is 2.70. The Hall–Kier alpha value is -0.490. The van der Waals surface area contributed by atoms with Gasteiger partial charge in [0.05, 0.1) is 10.9 Å². The largest absolute Gasteiger partial charge is 0.480 e. The molecule has 4 nitrogen and oxygen atoms in total. The van der Waals surface area contributed by atoms with Crippen LogP contribution in [0.5, 0.6) is 0 Å². The molecule has 2 saturated heterocycles. The van der Waals surface area contributed by atoms with Crippen LogP contribution in [-0.2, 0) is 4.79 Å². The van der Waals surface area contributed by atoms with Crippen molar-refractivity contribution in [3.05, 3.63) is 0 Å². The Kier molecular flexibility index (Phi) is 4.30. The molecule has 2 aliphatic heterocycles. The van der Waals surface area contributed by atoms with E-state index in [0.717, 1.165) is 12.8 Å². The van der Waals surface area contributed by atoms with Crippen LogP contribution in [0.4, 0.5) is 0 Å². The molecular weight excluding hydrogens is 280 g/mol. The van der Waals surface area contributed by atoms with Crippen molar-refractivity contribution in [2.24, 2.45) is 0 Å². The van der Waals surface area contributed by atoms with Gasteiger partial charge in [0.15, 0.2) is 5.11 Å². The van der Waals surface area contributed by atoms with E-state index in [0.29, 0.717) is 10.4 Å². The van der Waals surface area contributed by atoms with Gasteiger partial charge in [-0.2, -0.15) is 0 Å². The van der Waals surface area contributed by atoms with E-state index in [1.807, 2.05) is 11.8 Å². The summed E-state index contributed by atoms with van der Waals surface area (Å²) in [6.45, 7) is 6.44. The molecule has 0 radical (unpaired) electrons. The van der Waals surface area contributed by atoms with Gasteiger partial charge in [-0.05, 0) is 32.5 Å². The average Bonchev–Trinajstić information content (AvgIpc) is 2.78. The van der Waals surface area contributed by atoms with Crippen LogP contribution in [0.3, 0.4) is 0 Å². The third-order valence-electron chi connectivity index (χ3n) is 3.90. The fourth-order valence-electron chi connectivity index (χ4n) is 3.09. The van der Waals surface area contributed by atoms with Crippen molar-refractivity contribution in [2.45, 2.75) is 68.7 Å². The van der Waals surface area contributed by atoms with E-state index < -0.39 is 12.0 Å². The molecule has 0 bridgehead atoms. The fourth-order valence-corrected chi connectivity index (χ4v) is 5.39. The van der Waals surface area contributed by atoms with E-state index in [9.17, 15) is 9.90 Å². The number of rotatable bonds is 5. The van der Waals surface area contributed by atoms with Crippen LogP contribution >= 0.6 is 24.0 Å². The molecule has 19 heavy (non-hydrogen) atoms. The lowest BCUT2D eigenvalue weighted by Gasteiger charge is -2.30. The number of carboxylic acid groups (broad SMARTS) is 1. The molecule has 2 aliphatic rings. The monoisotopic (exact) mass is 302 g/mol. The van der Waals surface area contributed by atoms with Gasteiger partial charge in [-0.3, -0.25) is 0 Å². The van der Waals surface area contributed by atoms with Gasteiger partial charge < -0.3 is 15.3 Å². The molecule has 2 rings (SSSR count). The Bertz CT molecular complexity index is 387. The van der Waals surface area contributed by atoms with Gasteiger partial charge in [-0.15, -0.1) is 11.8 Å². The minimum Gasteiger partial charge on any atom is -0.480 e. The van der Waals surface area contributed by atoms with Crippen molar-refractivity contribution in [3.63, 3.8) is 0 Å². The Morgan fingerprint density at radius 1 is 1.53 bits per heavy atom. The second-order valence-corrected chi connectivity index (χ2v) is 7.95. The first-order valence-corrected chi connectivity index (χ1v) is 8.17. The minimum absolute atomic E-state index is 0.0122. The summed E-state index contributed by atoms with van der Waals surface area (Å²) in [5, 5.41) is 13.3. The van der Waals surface area contributed by atoms with Crippen LogP contribution in [0.2, 0.25) is 0 Å². The Morgan fingerprint density at radius 2 is 2.21 bits per heavy atom. The number of carbonyl (C=O) groups is 1. The highest BCUT2D eigenvalue weighted by Gasteiger charge is 2.56. The molecule has 0 aromatic heterocycles. The van der Waals surface area contributed by atoms with Crippen LogP contribution in [0.25, 0.3) is 0 Å². The number of thioether (sulfide) groups is 1. The highest BCUT2D eigenvalue weighted by molar-refractivity contribution is 8.01. The number of carboxylic acids is 1. The molecule has 6 heteroatoms. The van der Waals surface area contributed by atoms with Crippen molar-refractivity contribution in [1.82, 2.24) is 10.2 Å². The first-order valence-electron chi connectivity index (χ1n) is 6.89. The first kappa shape index (κ1) is 14.9.